The minimum absolute atomic E-state index is 0.0949. The minimum atomic E-state index is 0.0949. The Morgan fingerprint density at radius 1 is 1.25 bits per heavy atom. The number of morpholine rings is 1. The molecule has 1 aromatic heterocycles. The van der Waals surface area contributed by atoms with Gasteiger partial charge in [-0.1, -0.05) is 30.3 Å². The number of hydrogen-bond acceptors (Lipinski definition) is 5. The fourth-order valence-corrected chi connectivity index (χ4v) is 3.50. The van der Waals surface area contributed by atoms with E-state index in [1.54, 1.807) is 11.3 Å². The Bertz CT molecular complexity index is 639. The van der Waals surface area contributed by atoms with Crippen molar-refractivity contribution in [3.05, 3.63) is 41.4 Å². The summed E-state index contributed by atoms with van der Waals surface area (Å²) < 4.78 is 5.31. The van der Waals surface area contributed by atoms with Gasteiger partial charge in [-0.25, -0.2) is 4.98 Å². The number of thiazole rings is 1. The SMILES string of the molecule is O=C(CCc1csc(-c2ccccc2)n1)NCCN1CCOCC1. The van der Waals surface area contributed by atoms with E-state index in [0.29, 0.717) is 19.4 Å². The second kappa shape index (κ2) is 8.92. The first-order valence-electron chi connectivity index (χ1n) is 8.38. The van der Waals surface area contributed by atoms with Crippen molar-refractivity contribution in [3.8, 4) is 10.6 Å². The number of aromatic nitrogens is 1. The molecule has 1 N–H and O–H groups in total. The molecule has 0 radical (unpaired) electrons. The monoisotopic (exact) mass is 345 g/mol. The Morgan fingerprint density at radius 2 is 2.04 bits per heavy atom. The molecule has 0 unspecified atom stereocenters. The van der Waals surface area contributed by atoms with Gasteiger partial charge < -0.3 is 10.1 Å². The summed E-state index contributed by atoms with van der Waals surface area (Å²) >= 11 is 1.63. The van der Waals surface area contributed by atoms with E-state index in [4.69, 9.17) is 4.74 Å². The lowest BCUT2D eigenvalue weighted by atomic mass is 10.2. The molecule has 2 heterocycles. The van der Waals surface area contributed by atoms with Crippen LogP contribution < -0.4 is 5.32 Å². The molecule has 24 heavy (non-hydrogen) atoms. The van der Waals surface area contributed by atoms with Crippen molar-refractivity contribution >= 4 is 17.2 Å². The molecular formula is C18H23N3O2S. The zero-order valence-electron chi connectivity index (χ0n) is 13.7. The van der Waals surface area contributed by atoms with E-state index in [-0.39, 0.29) is 5.91 Å². The minimum Gasteiger partial charge on any atom is -0.379 e. The number of hydrogen-bond donors (Lipinski definition) is 1. The lowest BCUT2D eigenvalue weighted by Gasteiger charge is -2.26. The maximum atomic E-state index is 12.0. The molecule has 1 saturated heterocycles. The fraction of sp³-hybridized carbons (Fsp3) is 0.444. The van der Waals surface area contributed by atoms with Crippen LogP contribution in [0.15, 0.2) is 35.7 Å². The Morgan fingerprint density at radius 3 is 2.83 bits per heavy atom. The van der Waals surface area contributed by atoms with Crippen LogP contribution in [-0.4, -0.2) is 55.2 Å². The van der Waals surface area contributed by atoms with Crippen molar-refractivity contribution in [2.45, 2.75) is 12.8 Å². The van der Waals surface area contributed by atoms with Crippen LogP contribution in [0.1, 0.15) is 12.1 Å². The molecule has 6 heteroatoms. The zero-order valence-corrected chi connectivity index (χ0v) is 14.6. The third-order valence-corrected chi connectivity index (χ3v) is 4.97. The molecule has 1 aliphatic rings. The maximum Gasteiger partial charge on any atom is 0.220 e. The zero-order chi connectivity index (χ0) is 16.6. The van der Waals surface area contributed by atoms with Crippen LogP contribution in [0.3, 0.4) is 0 Å². The highest BCUT2D eigenvalue weighted by Crippen LogP contribution is 2.23. The van der Waals surface area contributed by atoms with Crippen molar-refractivity contribution in [1.29, 1.82) is 0 Å². The average molecular weight is 345 g/mol. The number of ether oxygens (including phenoxy) is 1. The molecule has 0 atom stereocenters. The van der Waals surface area contributed by atoms with Gasteiger partial charge in [-0.2, -0.15) is 0 Å². The summed E-state index contributed by atoms with van der Waals surface area (Å²) in [6.07, 6.45) is 1.17. The molecule has 5 nitrogen and oxygen atoms in total. The number of carbonyl (C=O) groups is 1. The fourth-order valence-electron chi connectivity index (χ4n) is 2.64. The van der Waals surface area contributed by atoms with E-state index in [0.717, 1.165) is 49.1 Å². The molecule has 2 aromatic rings. The first kappa shape index (κ1) is 17.1. The van der Waals surface area contributed by atoms with Crippen molar-refractivity contribution in [3.63, 3.8) is 0 Å². The summed E-state index contributed by atoms with van der Waals surface area (Å²) in [4.78, 5) is 18.9. The molecule has 0 bridgehead atoms. The van der Waals surface area contributed by atoms with Crippen molar-refractivity contribution in [2.75, 3.05) is 39.4 Å². The standard InChI is InChI=1S/C18H23N3O2S/c22-17(19-8-9-21-10-12-23-13-11-21)7-6-16-14-24-18(20-16)15-4-2-1-3-5-15/h1-5,14H,6-13H2,(H,19,22). The van der Waals surface area contributed by atoms with Crippen molar-refractivity contribution in [2.24, 2.45) is 0 Å². The summed E-state index contributed by atoms with van der Waals surface area (Å²) in [7, 11) is 0. The van der Waals surface area contributed by atoms with Crippen LogP contribution >= 0.6 is 11.3 Å². The molecule has 1 aromatic carbocycles. The van der Waals surface area contributed by atoms with Gasteiger partial charge in [-0.05, 0) is 6.42 Å². The van der Waals surface area contributed by atoms with Gasteiger partial charge in [0.1, 0.15) is 5.01 Å². The highest BCUT2D eigenvalue weighted by Gasteiger charge is 2.11. The van der Waals surface area contributed by atoms with E-state index in [1.807, 2.05) is 23.6 Å². The van der Waals surface area contributed by atoms with Gasteiger partial charge >= 0.3 is 0 Å². The average Bonchev–Trinajstić information content (AvgIpc) is 3.11. The second-order valence-corrected chi connectivity index (χ2v) is 6.67. The van der Waals surface area contributed by atoms with Crippen LogP contribution in [0.25, 0.3) is 10.6 Å². The lowest BCUT2D eigenvalue weighted by molar-refractivity contribution is -0.121. The molecule has 0 spiro atoms. The topological polar surface area (TPSA) is 54.5 Å². The third kappa shape index (κ3) is 5.12. The van der Waals surface area contributed by atoms with Gasteiger partial charge in [0.15, 0.2) is 0 Å². The Kier molecular flexibility index (Phi) is 6.34. The Hall–Kier alpha value is -1.76. The van der Waals surface area contributed by atoms with E-state index in [1.165, 1.54) is 0 Å². The number of amides is 1. The predicted octanol–water partition coefficient (Wildman–Crippen LogP) is 2.19. The second-order valence-electron chi connectivity index (χ2n) is 5.81. The van der Waals surface area contributed by atoms with E-state index < -0.39 is 0 Å². The van der Waals surface area contributed by atoms with Crippen LogP contribution in [0.5, 0.6) is 0 Å². The van der Waals surface area contributed by atoms with Gasteiger partial charge in [-0.15, -0.1) is 11.3 Å². The highest BCUT2D eigenvalue weighted by atomic mass is 32.1. The van der Waals surface area contributed by atoms with Gasteiger partial charge in [0.2, 0.25) is 5.91 Å². The molecule has 0 saturated carbocycles. The summed E-state index contributed by atoms with van der Waals surface area (Å²) in [5.74, 6) is 0.0949. The smallest absolute Gasteiger partial charge is 0.220 e. The first-order valence-corrected chi connectivity index (χ1v) is 9.26. The molecule has 1 amide bonds. The predicted molar refractivity (Wildman–Crippen MR) is 96.1 cm³/mol. The van der Waals surface area contributed by atoms with Gasteiger partial charge in [0.05, 0.1) is 18.9 Å². The largest absolute Gasteiger partial charge is 0.379 e. The third-order valence-electron chi connectivity index (χ3n) is 4.03. The van der Waals surface area contributed by atoms with E-state index >= 15 is 0 Å². The Balaban J connectivity index is 1.38. The van der Waals surface area contributed by atoms with Crippen LogP contribution in [0.4, 0.5) is 0 Å². The summed E-state index contributed by atoms with van der Waals surface area (Å²) in [6, 6.07) is 10.1. The molecular weight excluding hydrogens is 322 g/mol. The highest BCUT2D eigenvalue weighted by molar-refractivity contribution is 7.13. The van der Waals surface area contributed by atoms with Crippen LogP contribution in [0, 0.1) is 0 Å². The number of aryl methyl sites for hydroxylation is 1. The molecule has 3 rings (SSSR count). The molecule has 0 aliphatic carbocycles. The quantitative estimate of drug-likeness (QED) is 0.836. The molecule has 1 fully saturated rings. The summed E-state index contributed by atoms with van der Waals surface area (Å²) in [6.45, 7) is 5.09. The molecule has 128 valence electrons. The van der Waals surface area contributed by atoms with Crippen LogP contribution in [-0.2, 0) is 16.0 Å². The van der Waals surface area contributed by atoms with Crippen molar-refractivity contribution < 1.29 is 9.53 Å². The van der Waals surface area contributed by atoms with Crippen LogP contribution in [0.2, 0.25) is 0 Å². The number of nitrogens with zero attached hydrogens (tertiary/aromatic N) is 2. The number of nitrogens with one attached hydrogen (secondary N) is 1. The van der Waals surface area contributed by atoms with Gasteiger partial charge in [-0.3, -0.25) is 9.69 Å². The summed E-state index contributed by atoms with van der Waals surface area (Å²) in [5.41, 5.74) is 2.12. The number of rotatable bonds is 7. The number of carbonyl (C=O) groups excluding carboxylic acids is 1. The van der Waals surface area contributed by atoms with E-state index in [2.05, 4.69) is 27.3 Å². The summed E-state index contributed by atoms with van der Waals surface area (Å²) in [5, 5.41) is 6.05. The van der Waals surface area contributed by atoms with E-state index in [9.17, 15) is 4.79 Å². The number of benzene rings is 1. The van der Waals surface area contributed by atoms with Crippen molar-refractivity contribution in [1.82, 2.24) is 15.2 Å². The first-order chi connectivity index (χ1) is 11.8. The molecule has 1 aliphatic heterocycles. The van der Waals surface area contributed by atoms with Gasteiger partial charge in [0, 0.05) is 43.5 Å². The lowest BCUT2D eigenvalue weighted by Crippen LogP contribution is -2.41. The van der Waals surface area contributed by atoms with Gasteiger partial charge in [0.25, 0.3) is 0 Å². The normalized spacial score (nSPS) is 15.3. The maximum absolute atomic E-state index is 12.0. The Labute approximate surface area is 146 Å².